The molecule has 2 aliphatic heterocycles. The summed E-state index contributed by atoms with van der Waals surface area (Å²) in [6, 6.07) is 8.07. The van der Waals surface area contributed by atoms with Gasteiger partial charge in [-0.15, -0.1) is 0 Å². The molecule has 0 saturated carbocycles. The first-order valence-electron chi connectivity index (χ1n) is 6.60. The maximum Gasteiger partial charge on any atom is 0.161 e. The second kappa shape index (κ2) is 5.16. The molecule has 0 spiro atoms. The van der Waals surface area contributed by atoms with Gasteiger partial charge in [-0.05, 0) is 31.5 Å². The molecule has 1 aromatic rings. The van der Waals surface area contributed by atoms with Crippen LogP contribution < -0.4 is 9.47 Å². The smallest absolute Gasteiger partial charge is 0.161 e. The summed E-state index contributed by atoms with van der Waals surface area (Å²) in [6.45, 7) is 2.71. The topological polar surface area (TPSA) is 41.9 Å². The lowest BCUT2D eigenvalue weighted by Gasteiger charge is -2.31. The van der Waals surface area contributed by atoms with Gasteiger partial charge in [0.1, 0.15) is 12.7 Å². The van der Waals surface area contributed by atoms with Crippen LogP contribution in [0.15, 0.2) is 24.3 Å². The van der Waals surface area contributed by atoms with E-state index in [1.807, 2.05) is 24.3 Å². The highest BCUT2D eigenvalue weighted by atomic mass is 16.6. The normalized spacial score (nSPS) is 27.4. The fraction of sp³-hybridized carbons (Fsp3) is 0.571. The van der Waals surface area contributed by atoms with Gasteiger partial charge in [0.2, 0.25) is 0 Å². The number of aliphatic hydroxyl groups excluding tert-OH is 1. The Morgan fingerprint density at radius 3 is 2.94 bits per heavy atom. The molecular weight excluding hydrogens is 230 g/mol. The van der Waals surface area contributed by atoms with Crippen molar-refractivity contribution in [3.8, 4) is 11.5 Å². The van der Waals surface area contributed by atoms with Gasteiger partial charge in [-0.3, -0.25) is 4.90 Å². The van der Waals surface area contributed by atoms with Crippen molar-refractivity contribution in [1.82, 2.24) is 4.90 Å². The Kier molecular flexibility index (Phi) is 3.39. The molecule has 1 unspecified atom stereocenters. The average molecular weight is 249 g/mol. The lowest BCUT2D eigenvalue weighted by atomic mass is 10.2. The van der Waals surface area contributed by atoms with Gasteiger partial charge >= 0.3 is 0 Å². The number of para-hydroxylation sites is 2. The highest BCUT2D eigenvalue weighted by molar-refractivity contribution is 5.40. The number of benzene rings is 1. The van der Waals surface area contributed by atoms with Crippen LogP contribution in [-0.2, 0) is 0 Å². The minimum atomic E-state index is 0.0621. The molecular formula is C14H19NO3. The first kappa shape index (κ1) is 11.8. The first-order chi connectivity index (χ1) is 8.86. The van der Waals surface area contributed by atoms with Crippen molar-refractivity contribution >= 4 is 0 Å². The Hall–Kier alpha value is -1.26. The summed E-state index contributed by atoms with van der Waals surface area (Å²) in [4.78, 5) is 2.31. The van der Waals surface area contributed by atoms with Crippen LogP contribution in [0.25, 0.3) is 0 Å². The molecule has 3 rings (SSSR count). The van der Waals surface area contributed by atoms with Crippen LogP contribution in [-0.4, -0.2) is 48.5 Å². The number of aliphatic hydroxyl groups is 1. The van der Waals surface area contributed by atoms with Crippen LogP contribution in [0.5, 0.6) is 11.5 Å². The van der Waals surface area contributed by atoms with Crippen LogP contribution >= 0.6 is 0 Å². The van der Waals surface area contributed by atoms with Crippen molar-refractivity contribution in [1.29, 1.82) is 0 Å². The Bertz CT molecular complexity index is 410. The van der Waals surface area contributed by atoms with E-state index < -0.39 is 0 Å². The predicted octanol–water partition coefficient (Wildman–Crippen LogP) is 1.28. The number of hydrogen-bond acceptors (Lipinski definition) is 4. The van der Waals surface area contributed by atoms with Crippen LogP contribution in [0.1, 0.15) is 12.8 Å². The number of hydrogen-bond donors (Lipinski definition) is 1. The molecule has 0 bridgehead atoms. The number of nitrogens with zero attached hydrogens (tertiary/aromatic N) is 1. The van der Waals surface area contributed by atoms with Gasteiger partial charge in [0.25, 0.3) is 0 Å². The molecule has 1 fully saturated rings. The second-order valence-corrected chi connectivity index (χ2v) is 4.97. The molecule has 0 radical (unpaired) electrons. The van der Waals surface area contributed by atoms with E-state index in [1.54, 1.807) is 0 Å². The van der Waals surface area contributed by atoms with Gasteiger partial charge < -0.3 is 14.6 Å². The first-order valence-corrected chi connectivity index (χ1v) is 6.60. The van der Waals surface area contributed by atoms with Crippen molar-refractivity contribution in [3.05, 3.63) is 24.3 Å². The van der Waals surface area contributed by atoms with Gasteiger partial charge in [0, 0.05) is 12.6 Å². The van der Waals surface area contributed by atoms with Crippen molar-refractivity contribution in [2.24, 2.45) is 0 Å². The van der Waals surface area contributed by atoms with Crippen molar-refractivity contribution < 1.29 is 14.6 Å². The molecule has 0 aliphatic carbocycles. The van der Waals surface area contributed by atoms with Crippen LogP contribution in [0.3, 0.4) is 0 Å². The van der Waals surface area contributed by atoms with Gasteiger partial charge in [-0.1, -0.05) is 12.1 Å². The van der Waals surface area contributed by atoms with Crippen LogP contribution in [0.2, 0.25) is 0 Å². The maximum absolute atomic E-state index is 9.31. The Morgan fingerprint density at radius 2 is 2.11 bits per heavy atom. The molecule has 2 atom stereocenters. The number of fused-ring (bicyclic) bond motifs is 1. The zero-order valence-corrected chi connectivity index (χ0v) is 10.4. The third-order valence-corrected chi connectivity index (χ3v) is 3.72. The largest absolute Gasteiger partial charge is 0.486 e. The molecule has 0 aromatic heterocycles. The zero-order valence-electron chi connectivity index (χ0n) is 10.4. The van der Waals surface area contributed by atoms with Crippen molar-refractivity contribution in [3.63, 3.8) is 0 Å². The molecule has 0 amide bonds. The van der Waals surface area contributed by atoms with E-state index in [0.29, 0.717) is 12.6 Å². The molecule has 1 N–H and O–H groups in total. The summed E-state index contributed by atoms with van der Waals surface area (Å²) < 4.78 is 11.6. The molecule has 2 aliphatic rings. The molecule has 18 heavy (non-hydrogen) atoms. The van der Waals surface area contributed by atoms with Crippen molar-refractivity contribution in [2.75, 3.05) is 26.3 Å². The number of rotatable bonds is 3. The van der Waals surface area contributed by atoms with Crippen LogP contribution in [0.4, 0.5) is 0 Å². The third kappa shape index (κ3) is 2.31. The minimum absolute atomic E-state index is 0.0621. The Balaban J connectivity index is 1.62. The fourth-order valence-electron chi connectivity index (χ4n) is 2.76. The molecule has 1 aromatic carbocycles. The molecule has 4 heteroatoms. The zero-order chi connectivity index (χ0) is 12.4. The summed E-state index contributed by atoms with van der Waals surface area (Å²) in [5, 5.41) is 9.31. The summed E-state index contributed by atoms with van der Waals surface area (Å²) >= 11 is 0. The monoisotopic (exact) mass is 249 g/mol. The number of ether oxygens (including phenoxy) is 2. The van der Waals surface area contributed by atoms with E-state index in [4.69, 9.17) is 9.47 Å². The SMILES string of the molecule is OC[C@H]1CCCN1CC1COc2ccccc2O1. The fourth-order valence-corrected chi connectivity index (χ4v) is 2.76. The third-order valence-electron chi connectivity index (χ3n) is 3.72. The van der Waals surface area contributed by atoms with Crippen LogP contribution in [0, 0.1) is 0 Å². The van der Waals surface area contributed by atoms with Gasteiger partial charge in [-0.2, -0.15) is 0 Å². The number of likely N-dealkylation sites (tertiary alicyclic amines) is 1. The van der Waals surface area contributed by atoms with E-state index in [2.05, 4.69) is 4.90 Å². The predicted molar refractivity (Wildman–Crippen MR) is 68.0 cm³/mol. The lowest BCUT2D eigenvalue weighted by Crippen LogP contribution is -2.43. The Labute approximate surface area is 107 Å². The molecule has 98 valence electrons. The maximum atomic E-state index is 9.31. The minimum Gasteiger partial charge on any atom is -0.486 e. The van der Waals surface area contributed by atoms with E-state index >= 15 is 0 Å². The van der Waals surface area contributed by atoms with Gasteiger partial charge in [0.05, 0.1) is 6.61 Å². The van der Waals surface area contributed by atoms with E-state index in [0.717, 1.165) is 37.4 Å². The van der Waals surface area contributed by atoms with E-state index in [9.17, 15) is 5.11 Å². The van der Waals surface area contributed by atoms with E-state index in [-0.39, 0.29) is 12.7 Å². The highest BCUT2D eigenvalue weighted by Crippen LogP contribution is 2.31. The summed E-state index contributed by atoms with van der Waals surface area (Å²) in [6.07, 6.45) is 2.31. The quantitative estimate of drug-likeness (QED) is 0.876. The second-order valence-electron chi connectivity index (χ2n) is 4.97. The summed E-state index contributed by atoms with van der Waals surface area (Å²) in [7, 11) is 0. The van der Waals surface area contributed by atoms with E-state index in [1.165, 1.54) is 0 Å². The van der Waals surface area contributed by atoms with Gasteiger partial charge in [-0.25, -0.2) is 0 Å². The highest BCUT2D eigenvalue weighted by Gasteiger charge is 2.29. The molecule has 2 heterocycles. The summed E-state index contributed by atoms with van der Waals surface area (Å²) in [5.74, 6) is 1.65. The van der Waals surface area contributed by atoms with Crippen molar-refractivity contribution in [2.45, 2.75) is 25.0 Å². The standard InChI is InChI=1S/C14H19NO3/c16-9-11-4-3-7-15(11)8-12-10-17-13-5-1-2-6-14(13)18-12/h1-2,5-6,11-12,16H,3-4,7-10H2/t11-,12?/m1/s1. The molecule has 1 saturated heterocycles. The van der Waals surface area contributed by atoms with Gasteiger partial charge in [0.15, 0.2) is 11.5 Å². The molecule has 4 nitrogen and oxygen atoms in total. The lowest BCUT2D eigenvalue weighted by molar-refractivity contribution is 0.0463. The Morgan fingerprint density at radius 1 is 1.28 bits per heavy atom. The summed E-state index contributed by atoms with van der Waals surface area (Å²) in [5.41, 5.74) is 0. The average Bonchev–Trinajstić information content (AvgIpc) is 2.86.